The van der Waals surface area contributed by atoms with Gasteiger partial charge in [0, 0.05) is 21.4 Å². The highest BCUT2D eigenvalue weighted by Gasteiger charge is 2.24. The van der Waals surface area contributed by atoms with Gasteiger partial charge in [-0.05, 0) is 68.4 Å². The average Bonchev–Trinajstić information content (AvgIpc) is 2.71. The molecule has 0 radical (unpaired) electrons. The van der Waals surface area contributed by atoms with Crippen LogP contribution in [-0.4, -0.2) is 37.6 Å². The van der Waals surface area contributed by atoms with E-state index in [1.807, 2.05) is 36.4 Å². The van der Waals surface area contributed by atoms with Crippen molar-refractivity contribution < 1.29 is 9.53 Å². The van der Waals surface area contributed by atoms with Crippen LogP contribution < -0.4 is 10.1 Å². The van der Waals surface area contributed by atoms with Gasteiger partial charge in [0.15, 0.2) is 0 Å². The van der Waals surface area contributed by atoms with Crippen LogP contribution in [0, 0.1) is 18.3 Å². The zero-order valence-corrected chi connectivity index (χ0v) is 17.4. The molecule has 1 heterocycles. The first kappa shape index (κ1) is 20.6. The SMILES string of the molecule is C#CCN1CCC(C(=O)Nc2ccc(Sc3ccc(OC)cc3)c(Cl)c2)CC1. The lowest BCUT2D eigenvalue weighted by molar-refractivity contribution is -0.121. The number of hydrogen-bond donors (Lipinski definition) is 1. The number of amides is 1. The fourth-order valence-corrected chi connectivity index (χ4v) is 4.27. The third kappa shape index (κ3) is 5.45. The van der Waals surface area contributed by atoms with E-state index in [1.165, 1.54) is 0 Å². The van der Waals surface area contributed by atoms with Crippen LogP contribution in [0.25, 0.3) is 0 Å². The minimum absolute atomic E-state index is 0.0150. The topological polar surface area (TPSA) is 41.6 Å². The molecule has 1 saturated heterocycles. The predicted molar refractivity (Wildman–Crippen MR) is 115 cm³/mol. The van der Waals surface area contributed by atoms with Crippen molar-refractivity contribution in [3.05, 3.63) is 47.5 Å². The van der Waals surface area contributed by atoms with E-state index in [-0.39, 0.29) is 11.8 Å². The van der Waals surface area contributed by atoms with E-state index in [2.05, 4.69) is 16.1 Å². The number of benzene rings is 2. The van der Waals surface area contributed by atoms with Gasteiger partial charge in [0.05, 0.1) is 18.7 Å². The van der Waals surface area contributed by atoms with Gasteiger partial charge in [0.1, 0.15) is 5.75 Å². The molecule has 3 rings (SSSR count). The number of carbonyl (C=O) groups is 1. The van der Waals surface area contributed by atoms with Crippen molar-refractivity contribution in [1.82, 2.24) is 4.90 Å². The number of nitrogens with zero attached hydrogens (tertiary/aromatic N) is 1. The molecule has 0 saturated carbocycles. The summed E-state index contributed by atoms with van der Waals surface area (Å²) < 4.78 is 5.18. The Morgan fingerprint density at radius 3 is 2.61 bits per heavy atom. The highest BCUT2D eigenvalue weighted by Crippen LogP contribution is 2.35. The van der Waals surface area contributed by atoms with E-state index in [0.29, 0.717) is 11.6 Å². The van der Waals surface area contributed by atoms with Gasteiger partial charge in [0.25, 0.3) is 0 Å². The van der Waals surface area contributed by atoms with Crippen molar-refractivity contribution >= 4 is 35.0 Å². The second-order valence-corrected chi connectivity index (χ2v) is 8.19. The van der Waals surface area contributed by atoms with Gasteiger partial charge in [-0.2, -0.15) is 0 Å². The van der Waals surface area contributed by atoms with E-state index >= 15 is 0 Å². The van der Waals surface area contributed by atoms with Crippen LogP contribution in [0.4, 0.5) is 5.69 Å². The number of ether oxygens (including phenoxy) is 1. The molecule has 0 spiro atoms. The van der Waals surface area contributed by atoms with Crippen LogP contribution >= 0.6 is 23.4 Å². The van der Waals surface area contributed by atoms with Crippen LogP contribution in [-0.2, 0) is 4.79 Å². The van der Waals surface area contributed by atoms with E-state index in [9.17, 15) is 4.79 Å². The zero-order valence-electron chi connectivity index (χ0n) is 15.8. The minimum Gasteiger partial charge on any atom is -0.497 e. The van der Waals surface area contributed by atoms with Crippen LogP contribution in [0.5, 0.6) is 5.75 Å². The van der Waals surface area contributed by atoms with Crippen molar-refractivity contribution in [1.29, 1.82) is 0 Å². The molecule has 2 aromatic carbocycles. The number of rotatable bonds is 6. The first-order valence-electron chi connectivity index (χ1n) is 9.17. The van der Waals surface area contributed by atoms with Crippen LogP contribution in [0.2, 0.25) is 5.02 Å². The molecule has 0 aliphatic carbocycles. The van der Waals surface area contributed by atoms with Crippen molar-refractivity contribution in [2.75, 3.05) is 32.1 Å². The molecular weight excluding hydrogens is 392 g/mol. The number of halogens is 1. The summed E-state index contributed by atoms with van der Waals surface area (Å²) in [5, 5.41) is 3.61. The van der Waals surface area contributed by atoms with Gasteiger partial charge in [0.2, 0.25) is 5.91 Å². The maximum atomic E-state index is 12.5. The average molecular weight is 415 g/mol. The Morgan fingerprint density at radius 2 is 2.00 bits per heavy atom. The van der Waals surface area contributed by atoms with E-state index in [4.69, 9.17) is 22.8 Å². The standard InChI is InChI=1S/C22H23ClN2O2S/c1-3-12-25-13-10-16(11-14-25)22(26)24-17-4-9-21(20(23)15-17)28-19-7-5-18(27-2)6-8-19/h1,4-9,15-16H,10-14H2,2H3,(H,24,26). The molecule has 1 aliphatic heterocycles. The first-order valence-corrected chi connectivity index (χ1v) is 10.4. The van der Waals surface area contributed by atoms with Crippen molar-refractivity contribution in [2.24, 2.45) is 5.92 Å². The monoisotopic (exact) mass is 414 g/mol. The molecule has 0 unspecified atom stereocenters. The third-order valence-corrected chi connectivity index (χ3v) is 6.27. The summed E-state index contributed by atoms with van der Waals surface area (Å²) in [5.74, 6) is 3.54. The minimum atomic E-state index is 0.0150. The van der Waals surface area contributed by atoms with Crippen molar-refractivity contribution in [3.8, 4) is 18.1 Å². The number of likely N-dealkylation sites (tertiary alicyclic amines) is 1. The molecule has 0 atom stereocenters. The number of anilines is 1. The molecule has 1 amide bonds. The van der Waals surface area contributed by atoms with Crippen LogP contribution in [0.3, 0.4) is 0 Å². The lowest BCUT2D eigenvalue weighted by Gasteiger charge is -2.29. The highest BCUT2D eigenvalue weighted by molar-refractivity contribution is 7.99. The summed E-state index contributed by atoms with van der Waals surface area (Å²) >= 11 is 8.01. The Labute approximate surface area is 175 Å². The Balaban J connectivity index is 1.57. The maximum Gasteiger partial charge on any atom is 0.227 e. The molecular formula is C22H23ClN2O2S. The molecule has 1 fully saturated rings. The van der Waals surface area contributed by atoms with Crippen LogP contribution in [0.1, 0.15) is 12.8 Å². The molecule has 1 aliphatic rings. The van der Waals surface area contributed by atoms with Crippen molar-refractivity contribution in [2.45, 2.75) is 22.6 Å². The van der Waals surface area contributed by atoms with E-state index < -0.39 is 0 Å². The van der Waals surface area contributed by atoms with Crippen molar-refractivity contribution in [3.63, 3.8) is 0 Å². The molecule has 28 heavy (non-hydrogen) atoms. The first-order chi connectivity index (χ1) is 13.6. The lowest BCUT2D eigenvalue weighted by atomic mass is 9.96. The number of piperidine rings is 1. The Kier molecular flexibility index (Phi) is 7.27. The molecule has 6 heteroatoms. The summed E-state index contributed by atoms with van der Waals surface area (Å²) in [6.45, 7) is 2.37. The molecule has 0 aromatic heterocycles. The smallest absolute Gasteiger partial charge is 0.227 e. The number of methoxy groups -OCH3 is 1. The van der Waals surface area contributed by atoms with Gasteiger partial charge in [-0.15, -0.1) is 6.42 Å². The van der Waals surface area contributed by atoms with E-state index in [0.717, 1.165) is 47.2 Å². The maximum absolute atomic E-state index is 12.5. The number of carbonyl (C=O) groups excluding carboxylic acids is 1. The summed E-state index contributed by atoms with van der Waals surface area (Å²) in [4.78, 5) is 16.8. The molecule has 1 N–H and O–H groups in total. The number of nitrogens with one attached hydrogen (secondary N) is 1. The highest BCUT2D eigenvalue weighted by atomic mass is 35.5. The third-order valence-electron chi connectivity index (χ3n) is 4.76. The molecule has 4 nitrogen and oxygen atoms in total. The molecule has 2 aromatic rings. The van der Waals surface area contributed by atoms with Gasteiger partial charge < -0.3 is 10.1 Å². The van der Waals surface area contributed by atoms with Gasteiger partial charge in [-0.3, -0.25) is 9.69 Å². The van der Waals surface area contributed by atoms with Gasteiger partial charge in [-0.1, -0.05) is 29.3 Å². The summed E-state index contributed by atoms with van der Waals surface area (Å²) in [7, 11) is 1.65. The molecule has 146 valence electrons. The Morgan fingerprint density at radius 1 is 1.29 bits per heavy atom. The summed E-state index contributed by atoms with van der Waals surface area (Å²) in [6, 6.07) is 13.4. The summed E-state index contributed by atoms with van der Waals surface area (Å²) in [5.41, 5.74) is 0.722. The quantitative estimate of drug-likeness (QED) is 0.690. The number of hydrogen-bond acceptors (Lipinski definition) is 4. The fraction of sp³-hybridized carbons (Fsp3) is 0.318. The Hall–Kier alpha value is -2.13. The fourth-order valence-electron chi connectivity index (χ4n) is 3.16. The zero-order chi connectivity index (χ0) is 19.9. The number of terminal acetylenes is 1. The van der Waals surface area contributed by atoms with E-state index in [1.54, 1.807) is 24.9 Å². The van der Waals surface area contributed by atoms with Gasteiger partial charge >= 0.3 is 0 Å². The molecule has 0 bridgehead atoms. The van der Waals surface area contributed by atoms with Gasteiger partial charge in [-0.25, -0.2) is 0 Å². The summed E-state index contributed by atoms with van der Waals surface area (Å²) in [6.07, 6.45) is 7.01. The second-order valence-electron chi connectivity index (χ2n) is 6.67. The Bertz CT molecular complexity index is 856. The second kappa shape index (κ2) is 9.88. The van der Waals surface area contributed by atoms with Crippen LogP contribution in [0.15, 0.2) is 52.3 Å². The normalized spacial score (nSPS) is 15.0. The lowest BCUT2D eigenvalue weighted by Crippen LogP contribution is -2.38. The predicted octanol–water partition coefficient (Wildman–Crippen LogP) is 4.78. The largest absolute Gasteiger partial charge is 0.497 e.